The maximum atomic E-state index is 11.9. The lowest BCUT2D eigenvalue weighted by Gasteiger charge is -2.05. The summed E-state index contributed by atoms with van der Waals surface area (Å²) >= 11 is 0. The first-order chi connectivity index (χ1) is 8.12. The summed E-state index contributed by atoms with van der Waals surface area (Å²) in [4.78, 5) is 6.76. The van der Waals surface area contributed by atoms with Gasteiger partial charge in [0.1, 0.15) is 4.90 Å². The fourth-order valence-corrected chi connectivity index (χ4v) is 2.40. The Balaban J connectivity index is 2.25. The van der Waals surface area contributed by atoms with Crippen LogP contribution >= 0.6 is 0 Å². The number of aromatic amines is 1. The summed E-state index contributed by atoms with van der Waals surface area (Å²) in [6.07, 6.45) is 4.44. The van der Waals surface area contributed by atoms with E-state index in [1.54, 1.807) is 12.1 Å². The SMILES string of the molecule is NCc1cc(S(=O)(=O)Nc2ccncc2)c[nH]1. The zero-order valence-electron chi connectivity index (χ0n) is 8.92. The molecular formula is C10H12N4O2S. The molecule has 0 radical (unpaired) electrons. The second kappa shape index (κ2) is 4.56. The monoisotopic (exact) mass is 252 g/mol. The Labute approximate surface area is 98.9 Å². The molecular weight excluding hydrogens is 240 g/mol. The van der Waals surface area contributed by atoms with Crippen LogP contribution in [0.15, 0.2) is 41.7 Å². The van der Waals surface area contributed by atoms with Gasteiger partial charge in [-0.3, -0.25) is 9.71 Å². The van der Waals surface area contributed by atoms with Crippen molar-refractivity contribution in [3.05, 3.63) is 42.5 Å². The minimum atomic E-state index is -3.57. The lowest BCUT2D eigenvalue weighted by atomic mass is 10.4. The van der Waals surface area contributed by atoms with Crippen LogP contribution in [-0.4, -0.2) is 18.4 Å². The van der Waals surface area contributed by atoms with Crippen molar-refractivity contribution in [1.82, 2.24) is 9.97 Å². The van der Waals surface area contributed by atoms with Crippen molar-refractivity contribution in [2.75, 3.05) is 4.72 Å². The Morgan fingerprint density at radius 3 is 2.65 bits per heavy atom. The lowest BCUT2D eigenvalue weighted by molar-refractivity contribution is 0.601. The molecule has 17 heavy (non-hydrogen) atoms. The van der Waals surface area contributed by atoms with Crippen molar-refractivity contribution in [3.63, 3.8) is 0 Å². The van der Waals surface area contributed by atoms with Gasteiger partial charge in [-0.15, -0.1) is 0 Å². The minimum absolute atomic E-state index is 0.162. The van der Waals surface area contributed by atoms with E-state index in [2.05, 4.69) is 14.7 Å². The summed E-state index contributed by atoms with van der Waals surface area (Å²) in [6, 6.07) is 4.66. The number of pyridine rings is 1. The predicted octanol–water partition coefficient (Wildman–Crippen LogP) is 0.669. The van der Waals surface area contributed by atoms with Gasteiger partial charge >= 0.3 is 0 Å². The molecule has 6 nitrogen and oxygen atoms in total. The Kier molecular flexibility index (Phi) is 3.12. The third-order valence-electron chi connectivity index (χ3n) is 2.18. The fraction of sp³-hybridized carbons (Fsp3) is 0.100. The van der Waals surface area contributed by atoms with Crippen LogP contribution in [0.3, 0.4) is 0 Å². The minimum Gasteiger partial charge on any atom is -0.363 e. The average molecular weight is 252 g/mol. The molecule has 0 saturated heterocycles. The molecule has 0 amide bonds. The van der Waals surface area contributed by atoms with Gasteiger partial charge in [-0.05, 0) is 18.2 Å². The van der Waals surface area contributed by atoms with Crippen molar-refractivity contribution in [2.24, 2.45) is 5.73 Å². The zero-order valence-corrected chi connectivity index (χ0v) is 9.74. The highest BCUT2D eigenvalue weighted by Gasteiger charge is 2.15. The highest BCUT2D eigenvalue weighted by molar-refractivity contribution is 7.92. The molecule has 2 rings (SSSR count). The number of hydrogen-bond acceptors (Lipinski definition) is 4. The van der Waals surface area contributed by atoms with Gasteiger partial charge < -0.3 is 10.7 Å². The van der Waals surface area contributed by atoms with Gasteiger partial charge in [-0.2, -0.15) is 0 Å². The Morgan fingerprint density at radius 2 is 2.06 bits per heavy atom. The summed E-state index contributed by atoms with van der Waals surface area (Å²) in [6.45, 7) is 0.269. The third-order valence-corrected chi connectivity index (χ3v) is 3.54. The molecule has 0 saturated carbocycles. The van der Waals surface area contributed by atoms with Gasteiger partial charge in [0.25, 0.3) is 10.0 Å². The third kappa shape index (κ3) is 2.63. The maximum absolute atomic E-state index is 11.9. The smallest absolute Gasteiger partial charge is 0.263 e. The van der Waals surface area contributed by atoms with Crippen LogP contribution in [0.1, 0.15) is 5.69 Å². The highest BCUT2D eigenvalue weighted by Crippen LogP contribution is 2.15. The van der Waals surface area contributed by atoms with Crippen LogP contribution in [0, 0.1) is 0 Å². The molecule has 2 heterocycles. The van der Waals surface area contributed by atoms with E-state index in [1.807, 2.05) is 0 Å². The van der Waals surface area contributed by atoms with Gasteiger partial charge in [0.2, 0.25) is 0 Å². The van der Waals surface area contributed by atoms with Gasteiger partial charge in [-0.25, -0.2) is 8.42 Å². The molecule has 0 aliphatic carbocycles. The van der Waals surface area contributed by atoms with Crippen LogP contribution < -0.4 is 10.5 Å². The summed E-state index contributed by atoms with van der Waals surface area (Å²) in [5, 5.41) is 0. The molecule has 0 unspecified atom stereocenters. The molecule has 4 N–H and O–H groups in total. The van der Waals surface area contributed by atoms with Crippen molar-refractivity contribution >= 4 is 15.7 Å². The normalized spacial score (nSPS) is 11.4. The molecule has 0 aliphatic heterocycles. The molecule has 0 bridgehead atoms. The second-order valence-electron chi connectivity index (χ2n) is 3.41. The van der Waals surface area contributed by atoms with Crippen molar-refractivity contribution in [1.29, 1.82) is 0 Å². The number of sulfonamides is 1. The molecule has 2 aromatic rings. The van der Waals surface area contributed by atoms with Crippen molar-refractivity contribution in [2.45, 2.75) is 11.4 Å². The number of hydrogen-bond donors (Lipinski definition) is 3. The largest absolute Gasteiger partial charge is 0.363 e. The summed E-state index contributed by atoms with van der Waals surface area (Å²) < 4.78 is 26.3. The van der Waals surface area contributed by atoms with E-state index in [-0.39, 0.29) is 11.4 Å². The van der Waals surface area contributed by atoms with E-state index in [4.69, 9.17) is 5.73 Å². The lowest BCUT2D eigenvalue weighted by Crippen LogP contribution is -2.12. The standard InChI is InChI=1S/C10H12N4O2S/c11-6-9-5-10(7-13-9)17(15,16)14-8-1-3-12-4-2-8/h1-5,7,13H,6,11H2,(H,12,14). The van der Waals surface area contributed by atoms with Crippen molar-refractivity contribution < 1.29 is 8.42 Å². The first-order valence-electron chi connectivity index (χ1n) is 4.92. The molecule has 2 aromatic heterocycles. The van der Waals surface area contributed by atoms with Crippen LogP contribution in [0.2, 0.25) is 0 Å². The second-order valence-corrected chi connectivity index (χ2v) is 5.09. The number of aromatic nitrogens is 2. The Hall–Kier alpha value is -1.86. The zero-order chi connectivity index (χ0) is 12.3. The number of rotatable bonds is 4. The number of anilines is 1. The van der Waals surface area contributed by atoms with Gasteiger partial charge in [-0.1, -0.05) is 0 Å². The van der Waals surface area contributed by atoms with Gasteiger partial charge in [0.05, 0.1) is 5.69 Å². The van der Waals surface area contributed by atoms with Crippen LogP contribution in [-0.2, 0) is 16.6 Å². The highest BCUT2D eigenvalue weighted by atomic mass is 32.2. The van der Waals surface area contributed by atoms with Crippen LogP contribution in [0.4, 0.5) is 5.69 Å². The fourth-order valence-electron chi connectivity index (χ4n) is 1.33. The Morgan fingerprint density at radius 1 is 1.35 bits per heavy atom. The van der Waals surface area contributed by atoms with E-state index in [1.165, 1.54) is 24.7 Å². The maximum Gasteiger partial charge on any atom is 0.263 e. The summed E-state index contributed by atoms with van der Waals surface area (Å²) in [5.41, 5.74) is 6.54. The van der Waals surface area contributed by atoms with Gasteiger partial charge in [0.15, 0.2) is 0 Å². The number of nitrogens with two attached hydrogens (primary N) is 1. The molecule has 0 atom stereocenters. The quantitative estimate of drug-likeness (QED) is 0.744. The van der Waals surface area contributed by atoms with E-state index in [0.717, 1.165) is 0 Å². The first kappa shape index (κ1) is 11.6. The van der Waals surface area contributed by atoms with Crippen molar-refractivity contribution in [3.8, 4) is 0 Å². The number of nitrogens with zero attached hydrogens (tertiary/aromatic N) is 1. The summed E-state index contributed by atoms with van der Waals surface area (Å²) in [7, 11) is -3.57. The first-order valence-corrected chi connectivity index (χ1v) is 6.40. The van der Waals surface area contributed by atoms with E-state index < -0.39 is 10.0 Å². The van der Waals surface area contributed by atoms with Crippen LogP contribution in [0.5, 0.6) is 0 Å². The van der Waals surface area contributed by atoms with Crippen LogP contribution in [0.25, 0.3) is 0 Å². The van der Waals surface area contributed by atoms with Gasteiger partial charge in [0, 0.05) is 30.8 Å². The topological polar surface area (TPSA) is 101 Å². The average Bonchev–Trinajstić information content (AvgIpc) is 2.79. The predicted molar refractivity (Wildman–Crippen MR) is 63.7 cm³/mol. The van der Waals surface area contributed by atoms with E-state index in [0.29, 0.717) is 11.4 Å². The van der Waals surface area contributed by atoms with E-state index >= 15 is 0 Å². The molecule has 0 fully saturated rings. The molecule has 0 aliphatic rings. The van der Waals surface area contributed by atoms with E-state index in [9.17, 15) is 8.42 Å². The Bertz CT molecular complexity index is 592. The number of H-pyrrole nitrogens is 1. The molecule has 7 heteroatoms. The molecule has 0 spiro atoms. The molecule has 0 aromatic carbocycles. The molecule has 90 valence electrons. The number of nitrogens with one attached hydrogen (secondary N) is 2. The summed E-state index contributed by atoms with van der Waals surface area (Å²) in [5.74, 6) is 0.